The van der Waals surface area contributed by atoms with Crippen LogP contribution in [0.2, 0.25) is 0 Å². The maximum absolute atomic E-state index is 12.3. The number of carboxylic acid groups (broad SMARTS) is 1. The van der Waals surface area contributed by atoms with Gasteiger partial charge < -0.3 is 20.5 Å². The average Bonchev–Trinajstić information content (AvgIpc) is 3.52. The number of hydrogen-bond donors (Lipinski definition) is 3. The lowest BCUT2D eigenvalue weighted by Crippen LogP contribution is -2.50. The fraction of sp³-hybridized carbons (Fsp3) is 0.375. The van der Waals surface area contributed by atoms with Crippen molar-refractivity contribution >= 4 is 18.0 Å². The van der Waals surface area contributed by atoms with Crippen LogP contribution in [0.3, 0.4) is 0 Å². The Bertz CT molecular complexity index is 955. The molecule has 0 radical (unpaired) electrons. The molecule has 4 rings (SSSR count). The molecule has 2 aromatic carbocycles. The summed E-state index contributed by atoms with van der Waals surface area (Å²) in [5.41, 5.74) is 4.48. The van der Waals surface area contributed by atoms with Crippen LogP contribution >= 0.6 is 0 Å². The van der Waals surface area contributed by atoms with Crippen LogP contribution in [0, 0.1) is 5.92 Å². The van der Waals surface area contributed by atoms with Gasteiger partial charge in [-0.05, 0) is 41.5 Å². The summed E-state index contributed by atoms with van der Waals surface area (Å²) in [7, 11) is 0. The Morgan fingerprint density at radius 1 is 1.00 bits per heavy atom. The van der Waals surface area contributed by atoms with Gasteiger partial charge in [0.2, 0.25) is 5.91 Å². The minimum atomic E-state index is -1.06. The van der Waals surface area contributed by atoms with Gasteiger partial charge in [0.15, 0.2) is 0 Å². The zero-order valence-electron chi connectivity index (χ0n) is 17.3. The molecule has 3 N–H and O–H groups in total. The first-order valence-corrected chi connectivity index (χ1v) is 10.6. The number of carbonyl (C=O) groups is 3. The van der Waals surface area contributed by atoms with Crippen LogP contribution in [0.4, 0.5) is 4.79 Å². The molecular weight excluding hydrogens is 396 g/mol. The molecule has 31 heavy (non-hydrogen) atoms. The summed E-state index contributed by atoms with van der Waals surface area (Å²) in [6.45, 7) is 1.65. The number of fused-ring (bicyclic) bond motifs is 3. The molecule has 0 spiro atoms. The monoisotopic (exact) mass is 422 g/mol. The van der Waals surface area contributed by atoms with E-state index in [1.165, 1.54) is 6.92 Å². The zero-order chi connectivity index (χ0) is 22.0. The third-order valence-corrected chi connectivity index (χ3v) is 5.95. The molecule has 2 amide bonds. The largest absolute Gasteiger partial charge is 0.480 e. The molecule has 0 aliphatic heterocycles. The predicted octanol–water partition coefficient (Wildman–Crippen LogP) is 3.28. The first kappa shape index (κ1) is 20.9. The highest BCUT2D eigenvalue weighted by Crippen LogP contribution is 2.44. The van der Waals surface area contributed by atoms with E-state index in [1.807, 2.05) is 36.4 Å². The van der Waals surface area contributed by atoms with Crippen molar-refractivity contribution in [3.8, 4) is 11.1 Å². The van der Waals surface area contributed by atoms with Gasteiger partial charge in [0.1, 0.15) is 18.7 Å². The molecule has 0 heterocycles. The van der Waals surface area contributed by atoms with Gasteiger partial charge in [-0.25, -0.2) is 9.59 Å². The minimum Gasteiger partial charge on any atom is -0.480 e. The van der Waals surface area contributed by atoms with E-state index < -0.39 is 30.1 Å². The molecule has 0 bridgehead atoms. The van der Waals surface area contributed by atoms with Crippen molar-refractivity contribution in [1.29, 1.82) is 0 Å². The van der Waals surface area contributed by atoms with Crippen molar-refractivity contribution < 1.29 is 24.2 Å². The van der Waals surface area contributed by atoms with E-state index in [4.69, 9.17) is 4.74 Å². The van der Waals surface area contributed by atoms with Gasteiger partial charge in [0.05, 0.1) is 0 Å². The Morgan fingerprint density at radius 2 is 1.58 bits per heavy atom. The van der Waals surface area contributed by atoms with Gasteiger partial charge in [-0.3, -0.25) is 4.79 Å². The lowest BCUT2D eigenvalue weighted by Gasteiger charge is -2.19. The summed E-state index contributed by atoms with van der Waals surface area (Å²) in [6, 6.07) is 14.2. The normalized spacial score (nSPS) is 16.5. The maximum Gasteiger partial charge on any atom is 0.407 e. The lowest BCUT2D eigenvalue weighted by atomic mass is 9.98. The van der Waals surface area contributed by atoms with Gasteiger partial charge in [0.25, 0.3) is 0 Å². The number of alkyl carbamates (subject to hydrolysis) is 1. The van der Waals surface area contributed by atoms with Crippen LogP contribution < -0.4 is 10.6 Å². The van der Waals surface area contributed by atoms with Crippen molar-refractivity contribution in [3.63, 3.8) is 0 Å². The van der Waals surface area contributed by atoms with E-state index >= 15 is 0 Å². The van der Waals surface area contributed by atoms with Crippen LogP contribution in [-0.4, -0.2) is 41.8 Å². The third kappa shape index (κ3) is 4.71. The highest BCUT2D eigenvalue weighted by molar-refractivity contribution is 5.89. The minimum absolute atomic E-state index is 0.0720. The molecule has 2 aliphatic carbocycles. The number of carbonyl (C=O) groups excluding carboxylic acids is 2. The Balaban J connectivity index is 1.33. The van der Waals surface area contributed by atoms with Crippen molar-refractivity contribution in [2.75, 3.05) is 6.61 Å². The number of aliphatic carboxylic acids is 1. The first-order chi connectivity index (χ1) is 14.9. The van der Waals surface area contributed by atoms with Gasteiger partial charge in [-0.1, -0.05) is 61.4 Å². The van der Waals surface area contributed by atoms with E-state index in [9.17, 15) is 19.5 Å². The maximum atomic E-state index is 12.3. The molecule has 1 fully saturated rings. The first-order valence-electron chi connectivity index (χ1n) is 10.6. The van der Waals surface area contributed by atoms with E-state index in [-0.39, 0.29) is 12.5 Å². The molecule has 2 aliphatic rings. The third-order valence-electron chi connectivity index (χ3n) is 5.95. The van der Waals surface area contributed by atoms with Crippen LogP contribution in [0.25, 0.3) is 11.1 Å². The highest BCUT2D eigenvalue weighted by Gasteiger charge is 2.32. The number of benzene rings is 2. The molecule has 0 aromatic heterocycles. The highest BCUT2D eigenvalue weighted by atomic mass is 16.5. The van der Waals surface area contributed by atoms with E-state index in [2.05, 4.69) is 22.8 Å². The molecule has 0 saturated heterocycles. The van der Waals surface area contributed by atoms with Crippen LogP contribution in [0.15, 0.2) is 48.5 Å². The molecule has 162 valence electrons. The summed E-state index contributed by atoms with van der Waals surface area (Å²) >= 11 is 0. The lowest BCUT2D eigenvalue weighted by molar-refractivity contribution is -0.142. The summed E-state index contributed by atoms with van der Waals surface area (Å²) in [5, 5.41) is 14.3. The molecule has 0 unspecified atom stereocenters. The van der Waals surface area contributed by atoms with Crippen molar-refractivity contribution in [3.05, 3.63) is 59.7 Å². The SMILES string of the molecule is C[C@@H](NC(=O)OCC1c2ccccc2-c2ccccc21)C(=O)N[C@@H](CC1CC1)C(=O)O. The van der Waals surface area contributed by atoms with Crippen molar-refractivity contribution in [1.82, 2.24) is 10.6 Å². The zero-order valence-corrected chi connectivity index (χ0v) is 17.3. The van der Waals surface area contributed by atoms with E-state index in [1.54, 1.807) is 0 Å². The summed E-state index contributed by atoms with van der Waals surface area (Å²) < 4.78 is 5.44. The molecule has 2 atom stereocenters. The Kier molecular flexibility index (Phi) is 5.93. The summed E-state index contributed by atoms with van der Waals surface area (Å²) in [6.07, 6.45) is 1.69. The fourth-order valence-electron chi connectivity index (χ4n) is 4.09. The molecule has 1 saturated carbocycles. The number of amides is 2. The van der Waals surface area contributed by atoms with Gasteiger partial charge in [0, 0.05) is 5.92 Å². The standard InChI is InChI=1S/C24H26N2O5/c1-14(22(27)26-21(23(28)29)12-15-10-11-15)25-24(30)31-13-20-18-8-4-2-6-16(18)17-7-3-5-9-19(17)20/h2-9,14-15,20-21H,10-13H2,1H3,(H,25,30)(H,26,27)(H,28,29)/t14-,21+/m1/s1. The number of rotatable bonds is 8. The van der Waals surface area contributed by atoms with Gasteiger partial charge >= 0.3 is 12.1 Å². The van der Waals surface area contributed by atoms with Crippen molar-refractivity contribution in [2.24, 2.45) is 5.92 Å². The Labute approximate surface area is 180 Å². The molecular formula is C24H26N2O5. The second-order valence-electron chi connectivity index (χ2n) is 8.27. The summed E-state index contributed by atoms with van der Waals surface area (Å²) in [4.78, 5) is 36.0. The van der Waals surface area contributed by atoms with Crippen LogP contribution in [0.5, 0.6) is 0 Å². The number of carboxylic acids is 1. The van der Waals surface area contributed by atoms with Gasteiger partial charge in [-0.15, -0.1) is 0 Å². The second kappa shape index (κ2) is 8.79. The second-order valence-corrected chi connectivity index (χ2v) is 8.27. The number of hydrogen-bond acceptors (Lipinski definition) is 4. The number of ether oxygens (including phenoxy) is 1. The Morgan fingerprint density at radius 3 is 2.13 bits per heavy atom. The van der Waals surface area contributed by atoms with E-state index in [0.717, 1.165) is 35.1 Å². The number of nitrogens with one attached hydrogen (secondary N) is 2. The quantitative estimate of drug-likeness (QED) is 0.606. The Hall–Kier alpha value is -3.35. The fourth-order valence-corrected chi connectivity index (χ4v) is 4.09. The summed E-state index contributed by atoms with van der Waals surface area (Å²) in [5.74, 6) is -1.32. The molecule has 2 aromatic rings. The molecule has 7 nitrogen and oxygen atoms in total. The predicted molar refractivity (Wildman–Crippen MR) is 115 cm³/mol. The van der Waals surface area contributed by atoms with E-state index in [0.29, 0.717) is 12.3 Å². The topological polar surface area (TPSA) is 105 Å². The van der Waals surface area contributed by atoms with Crippen molar-refractivity contribution in [2.45, 2.75) is 44.2 Å². The average molecular weight is 422 g/mol. The molecule has 7 heteroatoms. The smallest absolute Gasteiger partial charge is 0.407 e. The van der Waals surface area contributed by atoms with Crippen LogP contribution in [-0.2, 0) is 14.3 Å². The van der Waals surface area contributed by atoms with Gasteiger partial charge in [-0.2, -0.15) is 0 Å². The van der Waals surface area contributed by atoms with Crippen LogP contribution in [0.1, 0.15) is 43.2 Å².